The molecule has 0 aliphatic carbocycles. The summed E-state index contributed by atoms with van der Waals surface area (Å²) >= 11 is 0. The summed E-state index contributed by atoms with van der Waals surface area (Å²) in [7, 11) is 5.54. The molecule has 2 unspecified atom stereocenters. The minimum atomic E-state index is -0.872. The Morgan fingerprint density at radius 3 is 1.29 bits per heavy atom. The minimum absolute atomic E-state index is 0.0454. The molecule has 2 atom stereocenters. The molecule has 0 aliphatic heterocycles. The number of aliphatic carboxylic acids is 1. The number of carboxylic acids is 1. The molecule has 0 fully saturated rings. The molecule has 0 radical (unpaired) electrons. The van der Waals surface area contributed by atoms with E-state index in [1.165, 1.54) is 154 Å². The van der Waals surface area contributed by atoms with Gasteiger partial charge in [-0.3, -0.25) is 9.59 Å². The van der Waals surface area contributed by atoms with Crippen LogP contribution in [0.2, 0.25) is 0 Å². The Labute approximate surface area is 346 Å². The Bertz CT molecular complexity index is 931. The molecule has 330 valence electrons. The van der Waals surface area contributed by atoms with Crippen molar-refractivity contribution in [3.63, 3.8) is 0 Å². The summed E-state index contributed by atoms with van der Waals surface area (Å²) in [5.74, 6) is -1.45. The van der Waals surface area contributed by atoms with E-state index in [1.807, 2.05) is 21.1 Å². The van der Waals surface area contributed by atoms with Crippen molar-refractivity contribution in [2.75, 3.05) is 41.0 Å². The van der Waals surface area contributed by atoms with E-state index in [4.69, 9.17) is 14.2 Å². The highest BCUT2D eigenvalue weighted by molar-refractivity contribution is 5.72. The maximum Gasteiger partial charge on any atom is 0.362 e. The highest BCUT2D eigenvalue weighted by Gasteiger charge is 2.31. The van der Waals surface area contributed by atoms with Gasteiger partial charge in [-0.1, -0.05) is 180 Å². The fourth-order valence-corrected chi connectivity index (χ4v) is 7.21. The fraction of sp³-hybridized carbons (Fsp3) is 0.896. The SMILES string of the molecule is CCCCCCCC/C=C\CCCCCCCCCCCC(=O)OC(COCCC(C(=O)O)[N+](C)(C)C)COC(=O)CCCCCCCCCCCCCCC. The van der Waals surface area contributed by atoms with Gasteiger partial charge in [0.25, 0.3) is 0 Å². The quantitative estimate of drug-likeness (QED) is 0.0284. The summed E-state index contributed by atoms with van der Waals surface area (Å²) in [5.41, 5.74) is 0. The molecule has 0 aromatic heterocycles. The van der Waals surface area contributed by atoms with Crippen LogP contribution in [0.4, 0.5) is 0 Å². The van der Waals surface area contributed by atoms with Gasteiger partial charge in [0.05, 0.1) is 34.4 Å². The van der Waals surface area contributed by atoms with Crippen LogP contribution in [0.1, 0.15) is 226 Å². The van der Waals surface area contributed by atoms with E-state index in [2.05, 4.69) is 26.0 Å². The molecule has 0 bridgehead atoms. The lowest BCUT2D eigenvalue weighted by Gasteiger charge is -2.31. The molecule has 56 heavy (non-hydrogen) atoms. The third kappa shape index (κ3) is 37.6. The van der Waals surface area contributed by atoms with E-state index in [0.29, 0.717) is 19.3 Å². The van der Waals surface area contributed by atoms with Gasteiger partial charge in [0.1, 0.15) is 6.61 Å². The van der Waals surface area contributed by atoms with Crippen molar-refractivity contribution in [2.24, 2.45) is 0 Å². The Kier molecular flexibility index (Phi) is 38.5. The van der Waals surface area contributed by atoms with Gasteiger partial charge in [0, 0.05) is 19.3 Å². The smallest absolute Gasteiger partial charge is 0.362 e. The number of carbonyl (C=O) groups excluding carboxylic acids is 2. The molecule has 0 aliphatic rings. The first-order chi connectivity index (χ1) is 27.1. The Hall–Kier alpha value is -1.93. The molecule has 0 aromatic carbocycles. The maximum atomic E-state index is 12.7. The summed E-state index contributed by atoms with van der Waals surface area (Å²) in [6.45, 7) is 4.76. The summed E-state index contributed by atoms with van der Waals surface area (Å²) in [6.07, 6.45) is 42.5. The van der Waals surface area contributed by atoms with Crippen LogP contribution < -0.4 is 0 Å². The Balaban J connectivity index is 4.26. The number of unbranched alkanes of at least 4 members (excludes halogenated alkanes) is 27. The Morgan fingerprint density at radius 1 is 0.518 bits per heavy atom. The number of allylic oxidation sites excluding steroid dienone is 2. The number of carbonyl (C=O) groups is 3. The zero-order chi connectivity index (χ0) is 41.4. The predicted molar refractivity (Wildman–Crippen MR) is 234 cm³/mol. The highest BCUT2D eigenvalue weighted by Crippen LogP contribution is 2.16. The first-order valence-corrected chi connectivity index (χ1v) is 23.7. The summed E-state index contributed by atoms with van der Waals surface area (Å²) in [5, 5.41) is 9.63. The largest absolute Gasteiger partial charge is 0.477 e. The van der Waals surface area contributed by atoms with Gasteiger partial charge in [-0.05, 0) is 38.5 Å². The lowest BCUT2D eigenvalue weighted by Crippen LogP contribution is -2.50. The molecule has 0 spiro atoms. The van der Waals surface area contributed by atoms with E-state index >= 15 is 0 Å². The number of likely N-dealkylation sites (N-methyl/N-ethyl adjacent to an activating group) is 1. The highest BCUT2D eigenvalue weighted by atomic mass is 16.6. The van der Waals surface area contributed by atoms with Gasteiger partial charge >= 0.3 is 17.9 Å². The van der Waals surface area contributed by atoms with Crippen LogP contribution in [0.5, 0.6) is 0 Å². The zero-order valence-corrected chi connectivity index (χ0v) is 37.6. The van der Waals surface area contributed by atoms with Crippen LogP contribution in [0.25, 0.3) is 0 Å². The van der Waals surface area contributed by atoms with Gasteiger partial charge in [-0.25, -0.2) is 4.79 Å². The molecule has 8 heteroatoms. The van der Waals surface area contributed by atoms with Crippen molar-refractivity contribution < 1.29 is 38.2 Å². The predicted octanol–water partition coefficient (Wildman–Crippen LogP) is 13.1. The summed E-state index contributed by atoms with van der Waals surface area (Å²) in [6, 6.07) is -0.610. The molecule has 0 aromatic rings. The number of nitrogens with zero attached hydrogens (tertiary/aromatic N) is 1. The fourth-order valence-electron chi connectivity index (χ4n) is 7.21. The molecule has 1 N–H and O–H groups in total. The summed E-state index contributed by atoms with van der Waals surface area (Å²) in [4.78, 5) is 37.0. The Morgan fingerprint density at radius 2 is 0.893 bits per heavy atom. The van der Waals surface area contributed by atoms with Crippen LogP contribution in [0.15, 0.2) is 12.2 Å². The van der Waals surface area contributed by atoms with Crippen LogP contribution in [-0.2, 0) is 28.6 Å². The lowest BCUT2D eigenvalue weighted by molar-refractivity contribution is -0.887. The number of quaternary nitrogens is 1. The number of carboxylic acid groups (broad SMARTS) is 1. The monoisotopic (exact) mass is 795 g/mol. The van der Waals surface area contributed by atoms with Gasteiger partial charge in [0.15, 0.2) is 12.1 Å². The third-order valence-electron chi connectivity index (χ3n) is 10.9. The molecular weight excluding hydrogens is 703 g/mol. The molecule has 0 amide bonds. The number of ether oxygens (including phenoxy) is 3. The second-order valence-electron chi connectivity index (χ2n) is 17.4. The average molecular weight is 795 g/mol. The maximum absolute atomic E-state index is 12.7. The second kappa shape index (κ2) is 39.9. The zero-order valence-electron chi connectivity index (χ0n) is 37.6. The molecule has 0 saturated carbocycles. The van der Waals surface area contributed by atoms with E-state index in [-0.39, 0.29) is 36.2 Å². The van der Waals surface area contributed by atoms with E-state index < -0.39 is 18.1 Å². The second-order valence-corrected chi connectivity index (χ2v) is 17.4. The number of hydrogen-bond acceptors (Lipinski definition) is 6. The third-order valence-corrected chi connectivity index (χ3v) is 10.9. The van der Waals surface area contributed by atoms with Crippen LogP contribution in [0.3, 0.4) is 0 Å². The number of hydrogen-bond donors (Lipinski definition) is 1. The number of rotatable bonds is 43. The van der Waals surface area contributed by atoms with Crippen molar-refractivity contribution in [3.8, 4) is 0 Å². The standard InChI is InChI=1S/C48H91NO7/c1-6-8-10-12-14-16-18-20-21-22-23-24-25-27-29-31-33-35-37-39-47(51)56-44(42-54-41-40-45(48(52)53)49(3,4)5)43-55-46(50)38-36-34-32-30-28-26-19-17-15-13-11-9-7-2/h20-21,44-45H,6-19,22-43H2,1-5H3/p+1/b21-20-. The van der Waals surface area contributed by atoms with E-state index in [1.54, 1.807) is 0 Å². The first kappa shape index (κ1) is 54.1. The normalized spacial score (nSPS) is 12.9. The van der Waals surface area contributed by atoms with E-state index in [9.17, 15) is 19.5 Å². The molecular formula is C48H92NO7+. The van der Waals surface area contributed by atoms with Gasteiger partial charge < -0.3 is 23.8 Å². The molecule has 8 nitrogen and oxygen atoms in total. The molecule has 0 rings (SSSR count). The van der Waals surface area contributed by atoms with Crippen molar-refractivity contribution in [3.05, 3.63) is 12.2 Å². The molecule has 0 heterocycles. The van der Waals surface area contributed by atoms with Crippen LogP contribution in [0, 0.1) is 0 Å². The van der Waals surface area contributed by atoms with Crippen molar-refractivity contribution >= 4 is 17.9 Å². The van der Waals surface area contributed by atoms with Crippen molar-refractivity contribution in [1.29, 1.82) is 0 Å². The molecule has 0 saturated heterocycles. The topological polar surface area (TPSA) is 99.1 Å². The summed E-state index contributed by atoms with van der Waals surface area (Å²) < 4.78 is 17.3. The first-order valence-electron chi connectivity index (χ1n) is 23.7. The van der Waals surface area contributed by atoms with Crippen LogP contribution in [-0.4, -0.2) is 80.6 Å². The van der Waals surface area contributed by atoms with Crippen LogP contribution >= 0.6 is 0 Å². The van der Waals surface area contributed by atoms with Crippen molar-refractivity contribution in [2.45, 2.75) is 238 Å². The average Bonchev–Trinajstić information content (AvgIpc) is 3.15. The van der Waals surface area contributed by atoms with Gasteiger partial charge in [0.2, 0.25) is 0 Å². The van der Waals surface area contributed by atoms with Gasteiger partial charge in [-0.15, -0.1) is 0 Å². The van der Waals surface area contributed by atoms with E-state index in [0.717, 1.165) is 38.5 Å². The minimum Gasteiger partial charge on any atom is -0.477 e. The number of esters is 2. The lowest BCUT2D eigenvalue weighted by atomic mass is 10.0. The van der Waals surface area contributed by atoms with Gasteiger partial charge in [-0.2, -0.15) is 0 Å². The van der Waals surface area contributed by atoms with Crippen molar-refractivity contribution in [1.82, 2.24) is 0 Å².